The van der Waals surface area contributed by atoms with Crippen LogP contribution in [-0.4, -0.2) is 25.8 Å². The van der Waals surface area contributed by atoms with Crippen LogP contribution in [-0.2, 0) is 9.68 Å². The summed E-state index contributed by atoms with van der Waals surface area (Å²) in [5, 5.41) is 7.57. The molecule has 5 heteroatoms. The van der Waals surface area contributed by atoms with E-state index in [-0.39, 0.29) is 0 Å². The lowest BCUT2D eigenvalue weighted by molar-refractivity contribution is 0.205. The van der Waals surface area contributed by atoms with Gasteiger partial charge in [0.15, 0.2) is 5.71 Å². The standard InChI is InChI=1S/C10H10N2O3/c1-13-11-9-7-5-3-4-6-8(7)15-10(9)12-14-2/h3-6H,1-2H3/b11-9+,12-10-. The SMILES string of the molecule is CO/N=C1\Oc2ccccc2\C1=N/OC. The number of fused-ring (bicyclic) bond motifs is 1. The van der Waals surface area contributed by atoms with Gasteiger partial charge in [-0.2, -0.15) is 0 Å². The minimum atomic E-state index is 0.306. The van der Waals surface area contributed by atoms with E-state index in [4.69, 9.17) is 9.57 Å². The molecule has 1 aromatic carbocycles. The molecule has 0 saturated heterocycles. The number of nitrogens with zero attached hydrogens (tertiary/aromatic N) is 2. The molecular weight excluding hydrogens is 196 g/mol. The van der Waals surface area contributed by atoms with Crippen LogP contribution >= 0.6 is 0 Å². The Kier molecular flexibility index (Phi) is 2.53. The van der Waals surface area contributed by atoms with Crippen LogP contribution in [0, 0.1) is 0 Å². The Morgan fingerprint density at radius 3 is 2.53 bits per heavy atom. The van der Waals surface area contributed by atoms with Crippen molar-refractivity contribution in [1.29, 1.82) is 0 Å². The fourth-order valence-corrected chi connectivity index (χ4v) is 1.34. The van der Waals surface area contributed by atoms with Gasteiger partial charge in [-0.15, -0.1) is 0 Å². The Hall–Kier alpha value is -2.04. The van der Waals surface area contributed by atoms with Crippen LogP contribution in [0.1, 0.15) is 5.56 Å². The lowest BCUT2D eigenvalue weighted by Crippen LogP contribution is -2.14. The molecule has 5 nitrogen and oxygen atoms in total. The van der Waals surface area contributed by atoms with Gasteiger partial charge in [-0.1, -0.05) is 17.3 Å². The molecule has 0 spiro atoms. The van der Waals surface area contributed by atoms with Crippen molar-refractivity contribution in [2.24, 2.45) is 10.3 Å². The van der Waals surface area contributed by atoms with Crippen molar-refractivity contribution in [2.75, 3.05) is 14.2 Å². The van der Waals surface area contributed by atoms with Gasteiger partial charge in [-0.05, 0) is 17.3 Å². The molecule has 0 bridgehead atoms. The second-order valence-corrected chi connectivity index (χ2v) is 2.80. The van der Waals surface area contributed by atoms with E-state index in [0.717, 1.165) is 5.56 Å². The Labute approximate surface area is 86.9 Å². The third kappa shape index (κ3) is 1.63. The van der Waals surface area contributed by atoms with Crippen LogP contribution in [0.3, 0.4) is 0 Å². The van der Waals surface area contributed by atoms with Crippen molar-refractivity contribution in [3.05, 3.63) is 29.8 Å². The maximum atomic E-state index is 5.43. The molecule has 0 unspecified atom stereocenters. The normalized spacial score (nSPS) is 18.8. The van der Waals surface area contributed by atoms with Gasteiger partial charge in [0.05, 0.1) is 5.56 Å². The van der Waals surface area contributed by atoms with Crippen LogP contribution in [0.2, 0.25) is 0 Å². The van der Waals surface area contributed by atoms with Gasteiger partial charge in [-0.25, -0.2) is 0 Å². The van der Waals surface area contributed by atoms with E-state index in [0.29, 0.717) is 17.4 Å². The molecule has 0 atom stereocenters. The highest BCUT2D eigenvalue weighted by Gasteiger charge is 2.27. The van der Waals surface area contributed by atoms with Gasteiger partial charge in [-0.3, -0.25) is 0 Å². The van der Waals surface area contributed by atoms with Crippen LogP contribution < -0.4 is 4.74 Å². The number of para-hydroxylation sites is 1. The van der Waals surface area contributed by atoms with Crippen molar-refractivity contribution < 1.29 is 14.4 Å². The summed E-state index contributed by atoms with van der Waals surface area (Å²) in [5.41, 5.74) is 1.38. The molecule has 0 aromatic heterocycles. The summed E-state index contributed by atoms with van der Waals surface area (Å²) in [6, 6.07) is 7.48. The minimum absolute atomic E-state index is 0.306. The highest BCUT2D eigenvalue weighted by Crippen LogP contribution is 2.26. The predicted molar refractivity (Wildman–Crippen MR) is 55.1 cm³/mol. The van der Waals surface area contributed by atoms with E-state index in [1.807, 2.05) is 24.3 Å². The van der Waals surface area contributed by atoms with Crippen molar-refractivity contribution in [1.82, 2.24) is 0 Å². The molecule has 0 N–H and O–H groups in total. The third-order valence-corrected chi connectivity index (χ3v) is 1.91. The highest BCUT2D eigenvalue weighted by atomic mass is 16.6. The first kappa shape index (κ1) is 9.51. The largest absolute Gasteiger partial charge is 0.434 e. The first-order valence-corrected chi connectivity index (χ1v) is 4.36. The first-order valence-electron chi connectivity index (χ1n) is 4.36. The lowest BCUT2D eigenvalue weighted by Gasteiger charge is -1.95. The minimum Gasteiger partial charge on any atom is -0.434 e. The van der Waals surface area contributed by atoms with Crippen LogP contribution in [0.5, 0.6) is 5.75 Å². The summed E-state index contributed by atoms with van der Waals surface area (Å²) >= 11 is 0. The Balaban J connectivity index is 2.47. The molecule has 0 fully saturated rings. The Bertz CT molecular complexity index is 426. The number of hydrogen-bond acceptors (Lipinski definition) is 5. The van der Waals surface area contributed by atoms with Gasteiger partial charge >= 0.3 is 0 Å². The van der Waals surface area contributed by atoms with E-state index in [1.165, 1.54) is 14.2 Å². The average molecular weight is 206 g/mol. The molecule has 0 amide bonds. The summed E-state index contributed by atoms with van der Waals surface area (Å²) in [5.74, 6) is 1.00. The molecule has 1 aliphatic heterocycles. The number of rotatable bonds is 2. The monoisotopic (exact) mass is 206 g/mol. The topological polar surface area (TPSA) is 52.4 Å². The molecule has 0 aliphatic carbocycles. The highest BCUT2D eigenvalue weighted by molar-refractivity contribution is 6.48. The molecule has 0 radical (unpaired) electrons. The zero-order valence-corrected chi connectivity index (χ0v) is 8.43. The average Bonchev–Trinajstić information content (AvgIpc) is 2.59. The molecule has 1 heterocycles. The smallest absolute Gasteiger partial charge is 0.286 e. The van der Waals surface area contributed by atoms with Gasteiger partial charge in [0.25, 0.3) is 5.90 Å². The summed E-state index contributed by atoms with van der Waals surface area (Å²) in [6.45, 7) is 0. The summed E-state index contributed by atoms with van der Waals surface area (Å²) in [4.78, 5) is 9.39. The molecule has 1 aromatic rings. The molecule has 78 valence electrons. The van der Waals surface area contributed by atoms with E-state index in [2.05, 4.69) is 15.1 Å². The Morgan fingerprint density at radius 2 is 1.80 bits per heavy atom. The van der Waals surface area contributed by atoms with E-state index >= 15 is 0 Å². The van der Waals surface area contributed by atoms with E-state index < -0.39 is 0 Å². The predicted octanol–water partition coefficient (Wildman–Crippen LogP) is 1.39. The van der Waals surface area contributed by atoms with Crippen molar-refractivity contribution in [3.8, 4) is 5.75 Å². The molecule has 15 heavy (non-hydrogen) atoms. The van der Waals surface area contributed by atoms with Crippen LogP contribution in [0.15, 0.2) is 34.6 Å². The first-order chi connectivity index (χ1) is 7.36. The van der Waals surface area contributed by atoms with Crippen molar-refractivity contribution in [3.63, 3.8) is 0 Å². The van der Waals surface area contributed by atoms with Gasteiger partial charge in [0.2, 0.25) is 0 Å². The summed E-state index contributed by atoms with van der Waals surface area (Å²) < 4.78 is 5.43. The Morgan fingerprint density at radius 1 is 1.07 bits per heavy atom. The summed E-state index contributed by atoms with van der Waals surface area (Å²) in [6.07, 6.45) is 0. The quantitative estimate of drug-likeness (QED) is 0.687. The van der Waals surface area contributed by atoms with Gasteiger partial charge in [0.1, 0.15) is 20.0 Å². The van der Waals surface area contributed by atoms with Gasteiger partial charge in [0, 0.05) is 0 Å². The maximum absolute atomic E-state index is 5.43. The van der Waals surface area contributed by atoms with Crippen molar-refractivity contribution >= 4 is 11.6 Å². The third-order valence-electron chi connectivity index (χ3n) is 1.91. The number of benzene rings is 1. The number of oxime groups is 2. The zero-order chi connectivity index (χ0) is 10.7. The molecule has 2 rings (SSSR count). The van der Waals surface area contributed by atoms with E-state index in [1.54, 1.807) is 0 Å². The number of hydrogen-bond donors (Lipinski definition) is 0. The lowest BCUT2D eigenvalue weighted by atomic mass is 10.1. The second-order valence-electron chi connectivity index (χ2n) is 2.80. The van der Waals surface area contributed by atoms with Crippen molar-refractivity contribution in [2.45, 2.75) is 0 Å². The molecular formula is C10H10N2O3. The van der Waals surface area contributed by atoms with Crippen LogP contribution in [0.4, 0.5) is 0 Å². The zero-order valence-electron chi connectivity index (χ0n) is 8.43. The summed E-state index contributed by atoms with van der Waals surface area (Å²) in [7, 11) is 2.92. The van der Waals surface area contributed by atoms with Crippen LogP contribution in [0.25, 0.3) is 0 Å². The van der Waals surface area contributed by atoms with Gasteiger partial charge < -0.3 is 14.4 Å². The molecule has 1 aliphatic rings. The second kappa shape index (κ2) is 4.00. The maximum Gasteiger partial charge on any atom is 0.286 e. The molecule has 0 saturated carbocycles. The number of ether oxygens (including phenoxy) is 1. The van der Waals surface area contributed by atoms with E-state index in [9.17, 15) is 0 Å². The fraction of sp³-hybridized carbons (Fsp3) is 0.200. The fourth-order valence-electron chi connectivity index (χ4n) is 1.34.